The van der Waals surface area contributed by atoms with Gasteiger partial charge in [-0.1, -0.05) is 42.1 Å². The third-order valence-corrected chi connectivity index (χ3v) is 8.15. The lowest BCUT2D eigenvalue weighted by molar-refractivity contribution is 0.102. The average Bonchev–Trinajstić information content (AvgIpc) is 3.46. The molecule has 154 valence electrons. The Morgan fingerprint density at radius 2 is 2.07 bits per heavy atom. The van der Waals surface area contributed by atoms with Gasteiger partial charge in [-0.05, 0) is 38.2 Å². The molecular formula is C21H22N6OS2. The van der Waals surface area contributed by atoms with Crippen molar-refractivity contribution in [1.29, 1.82) is 0 Å². The molecule has 1 saturated heterocycles. The number of carbonyl (C=O) groups is 1. The van der Waals surface area contributed by atoms with Crippen LogP contribution in [0.5, 0.6) is 0 Å². The number of hydrazine groups is 1. The summed E-state index contributed by atoms with van der Waals surface area (Å²) < 4.78 is 2.14. The maximum Gasteiger partial charge on any atom is 0.249 e. The second-order valence-electron chi connectivity index (χ2n) is 7.92. The van der Waals surface area contributed by atoms with Gasteiger partial charge in [0.2, 0.25) is 5.95 Å². The number of aromatic nitrogens is 3. The van der Waals surface area contributed by atoms with Gasteiger partial charge in [0.05, 0.1) is 11.9 Å². The van der Waals surface area contributed by atoms with Gasteiger partial charge in [-0.25, -0.2) is 9.99 Å². The van der Waals surface area contributed by atoms with E-state index in [0.29, 0.717) is 5.75 Å². The van der Waals surface area contributed by atoms with Crippen molar-refractivity contribution in [3.8, 4) is 5.00 Å². The topological polar surface area (TPSA) is 75.1 Å². The first-order valence-electron chi connectivity index (χ1n) is 10.3. The van der Waals surface area contributed by atoms with Gasteiger partial charge in [0.1, 0.15) is 11.2 Å². The first-order valence-corrected chi connectivity index (χ1v) is 12.1. The summed E-state index contributed by atoms with van der Waals surface area (Å²) >= 11 is 3.33. The molecule has 0 spiro atoms. The van der Waals surface area contributed by atoms with Gasteiger partial charge in [-0.3, -0.25) is 15.1 Å². The lowest BCUT2D eigenvalue weighted by Crippen LogP contribution is -2.40. The third-order valence-electron chi connectivity index (χ3n) is 5.93. The molecule has 1 aliphatic carbocycles. The molecular weight excluding hydrogens is 416 g/mol. The molecule has 2 unspecified atom stereocenters. The predicted octanol–water partition coefficient (Wildman–Crippen LogP) is 3.46. The molecule has 2 aliphatic heterocycles. The summed E-state index contributed by atoms with van der Waals surface area (Å²) in [5.41, 5.74) is 7.06. The van der Waals surface area contributed by atoms with E-state index in [9.17, 15) is 4.79 Å². The van der Waals surface area contributed by atoms with E-state index in [1.807, 2.05) is 41.7 Å². The van der Waals surface area contributed by atoms with E-state index in [2.05, 4.69) is 37.4 Å². The number of benzene rings is 1. The molecule has 3 aromatic rings. The minimum Gasteiger partial charge on any atom is -0.293 e. The summed E-state index contributed by atoms with van der Waals surface area (Å²) in [4.78, 5) is 14.1. The van der Waals surface area contributed by atoms with Crippen LogP contribution >= 0.6 is 23.1 Å². The number of thiophene rings is 1. The standard InChI is InChI=1S/C21H22N6OS2/c1-12-22-18-17-14-9-5-6-10-16(14)30-19(17)26-20(27(18)25-12)23-24-21(26)29-11-15(28)13-7-3-2-4-8-13/h2-4,7-8,12,18,22,25H,5-6,9-11H2,1H3. The van der Waals surface area contributed by atoms with Gasteiger partial charge >= 0.3 is 0 Å². The van der Waals surface area contributed by atoms with Crippen molar-refractivity contribution in [1.82, 2.24) is 25.5 Å². The van der Waals surface area contributed by atoms with Crippen molar-refractivity contribution in [2.45, 2.75) is 50.1 Å². The van der Waals surface area contributed by atoms with Crippen LogP contribution in [-0.4, -0.2) is 32.5 Å². The summed E-state index contributed by atoms with van der Waals surface area (Å²) in [6, 6.07) is 9.44. The van der Waals surface area contributed by atoms with Crippen molar-refractivity contribution in [3.63, 3.8) is 0 Å². The lowest BCUT2D eigenvalue weighted by atomic mass is 9.94. The minimum atomic E-state index is 0.0774. The number of hydrogen-bond donors (Lipinski definition) is 2. The van der Waals surface area contributed by atoms with Crippen LogP contribution in [0.4, 0.5) is 5.95 Å². The number of Topliss-reactive ketones (excluding diaryl/α,β-unsaturated/α-hetero) is 1. The second-order valence-corrected chi connectivity index (χ2v) is 9.94. The zero-order valence-corrected chi connectivity index (χ0v) is 18.2. The quantitative estimate of drug-likeness (QED) is 0.477. The molecule has 1 fully saturated rings. The fourth-order valence-electron chi connectivity index (χ4n) is 4.57. The molecule has 7 nitrogen and oxygen atoms in total. The van der Waals surface area contributed by atoms with Crippen molar-refractivity contribution >= 4 is 34.8 Å². The number of hydrogen-bond acceptors (Lipinski definition) is 8. The highest BCUT2D eigenvalue weighted by Gasteiger charge is 2.43. The van der Waals surface area contributed by atoms with Gasteiger partial charge < -0.3 is 0 Å². The molecule has 30 heavy (non-hydrogen) atoms. The second kappa shape index (κ2) is 7.19. The fraction of sp³-hybridized carbons (Fsp3) is 0.381. The van der Waals surface area contributed by atoms with Crippen LogP contribution in [-0.2, 0) is 12.8 Å². The van der Waals surface area contributed by atoms with Gasteiger partial charge in [0.15, 0.2) is 10.9 Å². The summed E-state index contributed by atoms with van der Waals surface area (Å²) in [6.45, 7) is 2.12. The summed E-state index contributed by atoms with van der Waals surface area (Å²) in [6.07, 6.45) is 5.01. The van der Waals surface area contributed by atoms with Crippen LogP contribution in [0.25, 0.3) is 5.00 Å². The Labute approximate surface area is 182 Å². The largest absolute Gasteiger partial charge is 0.293 e. The SMILES string of the molecule is CC1NC2c3c(sc4c3CCCC4)-n3c(SCC(=O)c4ccccc4)nnc3N2N1. The first kappa shape index (κ1) is 18.6. The van der Waals surface area contributed by atoms with Crippen LogP contribution in [0.1, 0.15) is 52.3 Å². The zero-order chi connectivity index (χ0) is 20.2. The number of thioether (sulfide) groups is 1. The van der Waals surface area contributed by atoms with E-state index in [4.69, 9.17) is 0 Å². The molecule has 4 heterocycles. The lowest BCUT2D eigenvalue weighted by Gasteiger charge is -2.31. The van der Waals surface area contributed by atoms with Crippen molar-refractivity contribution in [2.24, 2.45) is 0 Å². The Morgan fingerprint density at radius 3 is 2.93 bits per heavy atom. The first-order chi connectivity index (χ1) is 14.7. The molecule has 3 aliphatic rings. The average molecular weight is 439 g/mol. The number of rotatable bonds is 4. The highest BCUT2D eigenvalue weighted by atomic mass is 32.2. The Morgan fingerprint density at radius 1 is 1.23 bits per heavy atom. The van der Waals surface area contributed by atoms with Crippen molar-refractivity contribution < 1.29 is 4.79 Å². The van der Waals surface area contributed by atoms with Gasteiger partial charge in [-0.15, -0.1) is 21.5 Å². The zero-order valence-electron chi connectivity index (χ0n) is 16.6. The van der Waals surface area contributed by atoms with Gasteiger partial charge in [0.25, 0.3) is 0 Å². The number of ketones is 1. The van der Waals surface area contributed by atoms with E-state index in [1.165, 1.54) is 45.6 Å². The molecule has 2 N–H and O–H groups in total. The molecule has 6 rings (SSSR count). The molecule has 2 aromatic heterocycles. The number of aryl methyl sites for hydroxylation is 1. The van der Waals surface area contributed by atoms with Gasteiger partial charge in [-0.2, -0.15) is 0 Å². The summed E-state index contributed by atoms with van der Waals surface area (Å²) in [5.74, 6) is 1.23. The molecule has 2 atom stereocenters. The Balaban J connectivity index is 1.39. The molecule has 0 saturated carbocycles. The van der Waals surface area contributed by atoms with Gasteiger partial charge in [0, 0.05) is 16.0 Å². The summed E-state index contributed by atoms with van der Waals surface area (Å²) in [5, 5.41) is 16.7. The Bertz CT molecular complexity index is 1120. The van der Waals surface area contributed by atoms with Crippen LogP contribution in [0.15, 0.2) is 35.5 Å². The van der Waals surface area contributed by atoms with E-state index >= 15 is 0 Å². The summed E-state index contributed by atoms with van der Waals surface area (Å²) in [7, 11) is 0. The smallest absolute Gasteiger partial charge is 0.249 e. The highest BCUT2D eigenvalue weighted by Crippen LogP contribution is 2.48. The monoisotopic (exact) mass is 438 g/mol. The minimum absolute atomic E-state index is 0.0774. The molecule has 0 bridgehead atoms. The van der Waals surface area contributed by atoms with Crippen LogP contribution in [0.2, 0.25) is 0 Å². The Kier molecular flexibility index (Phi) is 4.45. The predicted molar refractivity (Wildman–Crippen MR) is 118 cm³/mol. The highest BCUT2D eigenvalue weighted by molar-refractivity contribution is 7.99. The Hall–Kier alpha value is -2.20. The number of carbonyl (C=O) groups excluding carboxylic acids is 1. The number of anilines is 1. The fourth-order valence-corrected chi connectivity index (χ4v) is 6.87. The maximum atomic E-state index is 12.6. The number of nitrogens with one attached hydrogen (secondary N) is 2. The van der Waals surface area contributed by atoms with Crippen molar-refractivity contribution in [2.75, 3.05) is 10.8 Å². The molecule has 0 radical (unpaired) electrons. The van der Waals surface area contributed by atoms with Crippen LogP contribution < -0.4 is 15.8 Å². The molecule has 0 amide bonds. The maximum absolute atomic E-state index is 12.6. The van der Waals surface area contributed by atoms with Crippen LogP contribution in [0, 0.1) is 0 Å². The van der Waals surface area contributed by atoms with Crippen LogP contribution in [0.3, 0.4) is 0 Å². The molecule has 9 heteroatoms. The molecule has 1 aromatic carbocycles. The third kappa shape index (κ3) is 2.84. The van der Waals surface area contributed by atoms with E-state index in [1.54, 1.807) is 0 Å². The normalized spacial score (nSPS) is 21.7. The number of nitrogens with zero attached hydrogens (tertiary/aromatic N) is 4. The van der Waals surface area contributed by atoms with E-state index < -0.39 is 0 Å². The van der Waals surface area contributed by atoms with Crippen molar-refractivity contribution in [3.05, 3.63) is 51.9 Å². The van der Waals surface area contributed by atoms with E-state index in [0.717, 1.165) is 29.5 Å². The number of fused-ring (bicyclic) bond motifs is 8. The van der Waals surface area contributed by atoms with E-state index in [-0.39, 0.29) is 18.1 Å².